The molecule has 0 bridgehead atoms. The molecule has 55 heavy (non-hydrogen) atoms. The first-order chi connectivity index (χ1) is 26.9. The fourth-order valence-electron chi connectivity index (χ4n) is 7.11. The number of esters is 3. The van der Waals surface area contributed by atoms with Crippen molar-refractivity contribution >= 4 is 50.9 Å². The zero-order valence-electron chi connectivity index (χ0n) is 29.4. The molecule has 0 radical (unpaired) electrons. The van der Waals surface area contributed by atoms with E-state index in [0.29, 0.717) is 39.2 Å². The molecule has 1 aliphatic heterocycles. The molecule has 0 spiro atoms. The van der Waals surface area contributed by atoms with Gasteiger partial charge in [0.25, 0.3) is 0 Å². The van der Waals surface area contributed by atoms with Gasteiger partial charge in [-0.25, -0.2) is 24.4 Å². The summed E-state index contributed by atoms with van der Waals surface area (Å²) in [6.45, 7) is -0.327. The monoisotopic (exact) mass is 732 g/mol. The molecule has 12 heteroatoms. The van der Waals surface area contributed by atoms with Gasteiger partial charge in [0.1, 0.15) is 36.0 Å². The summed E-state index contributed by atoms with van der Waals surface area (Å²) in [5.41, 5.74) is 4.03. The molecule has 0 N–H and O–H groups in total. The fourth-order valence-corrected chi connectivity index (χ4v) is 7.11. The van der Waals surface area contributed by atoms with Crippen LogP contribution in [-0.2, 0) is 26.0 Å². The molecular weight excluding hydrogens is 700 g/mol. The number of carbonyl (C=O) groups excluding carboxylic acids is 3. The molecule has 0 amide bonds. The summed E-state index contributed by atoms with van der Waals surface area (Å²) in [6.07, 6.45) is -1.35. The molecule has 0 unspecified atom stereocenters. The lowest BCUT2D eigenvalue weighted by atomic mass is 10.1. The Morgan fingerprint density at radius 3 is 1.96 bits per heavy atom. The van der Waals surface area contributed by atoms with Gasteiger partial charge < -0.3 is 27.9 Å². The summed E-state index contributed by atoms with van der Waals surface area (Å²) in [7, 11) is 1.90. The van der Waals surface area contributed by atoms with Crippen LogP contribution < -0.4 is 0 Å². The highest BCUT2D eigenvalue weighted by Gasteiger charge is 2.52. The first-order valence-corrected chi connectivity index (χ1v) is 17.6. The van der Waals surface area contributed by atoms with Gasteiger partial charge in [0.2, 0.25) is 0 Å². The van der Waals surface area contributed by atoms with Crippen molar-refractivity contribution in [3.63, 3.8) is 0 Å². The van der Waals surface area contributed by atoms with Crippen LogP contribution in [0, 0.1) is 0 Å². The van der Waals surface area contributed by atoms with Gasteiger partial charge in [0.15, 0.2) is 24.2 Å². The van der Waals surface area contributed by atoms with Gasteiger partial charge in [0.05, 0.1) is 33.1 Å². The second-order valence-corrected chi connectivity index (χ2v) is 13.1. The Hall–Kier alpha value is -7.05. The van der Waals surface area contributed by atoms with Crippen molar-refractivity contribution in [1.29, 1.82) is 0 Å². The van der Waals surface area contributed by atoms with Crippen molar-refractivity contribution in [2.24, 2.45) is 7.05 Å². The van der Waals surface area contributed by atoms with Crippen LogP contribution in [0.4, 0.5) is 0 Å². The number of carbonyl (C=O) groups is 3. The molecule has 1 fully saturated rings. The average Bonchev–Trinajstić information content (AvgIpc) is 4.00. The Balaban J connectivity index is 1.19. The van der Waals surface area contributed by atoms with Crippen molar-refractivity contribution in [1.82, 2.24) is 19.1 Å². The van der Waals surface area contributed by atoms with Crippen LogP contribution in [0.25, 0.3) is 44.5 Å². The Kier molecular flexibility index (Phi) is 8.63. The third-order valence-corrected chi connectivity index (χ3v) is 9.70. The second kappa shape index (κ2) is 14.1. The molecule has 272 valence electrons. The van der Waals surface area contributed by atoms with E-state index in [0.717, 1.165) is 10.9 Å². The van der Waals surface area contributed by atoms with E-state index in [4.69, 9.17) is 28.3 Å². The van der Waals surface area contributed by atoms with Gasteiger partial charge >= 0.3 is 17.9 Å². The molecule has 4 aromatic carbocycles. The molecule has 9 rings (SSSR count). The predicted octanol–water partition coefficient (Wildman–Crippen LogP) is 7.54. The highest BCUT2D eigenvalue weighted by molar-refractivity contribution is 6.11. The van der Waals surface area contributed by atoms with Gasteiger partial charge in [-0.1, -0.05) is 72.8 Å². The molecule has 4 aromatic heterocycles. The van der Waals surface area contributed by atoms with E-state index >= 15 is 0 Å². The lowest BCUT2D eigenvalue weighted by Gasteiger charge is -2.25. The van der Waals surface area contributed by atoms with E-state index in [9.17, 15) is 14.4 Å². The number of hydrogen-bond acceptors (Lipinski definition) is 10. The highest BCUT2D eigenvalue weighted by atomic mass is 16.7. The maximum Gasteiger partial charge on any atom is 0.338 e. The molecule has 1 saturated heterocycles. The Bertz CT molecular complexity index is 2650. The molecule has 8 aromatic rings. The third kappa shape index (κ3) is 6.17. The number of aryl methyl sites for hydroxylation is 1. The minimum absolute atomic E-state index is 0.277. The molecular formula is C43H32N4O8. The maximum absolute atomic E-state index is 13.9. The summed E-state index contributed by atoms with van der Waals surface area (Å²) in [4.78, 5) is 50.2. The zero-order valence-corrected chi connectivity index (χ0v) is 29.4. The number of hydrogen-bond donors (Lipinski definition) is 0. The van der Waals surface area contributed by atoms with Crippen LogP contribution >= 0.6 is 0 Å². The van der Waals surface area contributed by atoms with Gasteiger partial charge in [-0.3, -0.25) is 4.57 Å². The molecule has 4 atom stereocenters. The summed E-state index contributed by atoms with van der Waals surface area (Å²) in [5, 5.41) is 1.58. The van der Waals surface area contributed by atoms with E-state index in [2.05, 4.69) is 4.98 Å². The lowest BCUT2D eigenvalue weighted by molar-refractivity contribution is -0.0588. The van der Waals surface area contributed by atoms with Crippen molar-refractivity contribution < 1.29 is 37.7 Å². The molecule has 0 aliphatic carbocycles. The quantitative estimate of drug-likeness (QED) is 0.108. The Labute approximate surface area is 313 Å². The normalized spacial score (nSPS) is 18.1. The molecule has 0 saturated carbocycles. The van der Waals surface area contributed by atoms with Crippen LogP contribution in [-0.4, -0.2) is 61.9 Å². The van der Waals surface area contributed by atoms with Crippen molar-refractivity contribution in [3.05, 3.63) is 157 Å². The number of ether oxygens (including phenoxy) is 4. The van der Waals surface area contributed by atoms with E-state index in [1.807, 2.05) is 58.8 Å². The number of aromatic nitrogens is 4. The van der Waals surface area contributed by atoms with Gasteiger partial charge in [-0.2, -0.15) is 0 Å². The third-order valence-electron chi connectivity index (χ3n) is 9.70. The largest absolute Gasteiger partial charge is 0.459 e. The minimum Gasteiger partial charge on any atom is -0.459 e. The van der Waals surface area contributed by atoms with Crippen molar-refractivity contribution in [2.75, 3.05) is 6.61 Å². The van der Waals surface area contributed by atoms with Gasteiger partial charge in [0, 0.05) is 18.6 Å². The van der Waals surface area contributed by atoms with Crippen molar-refractivity contribution in [3.8, 4) is 11.5 Å². The average molecular weight is 733 g/mol. The highest BCUT2D eigenvalue weighted by Crippen LogP contribution is 2.43. The SMILES string of the molecule is Cn1ccc2c1c1c(-c3cc4ccccc4o3)ncnc1n2[C@@H]1O[C@H](COC(=O)c2ccccc2)[C@@H](OC(=O)c2ccccc2)[C@H]1OC(=O)c1ccccc1. The number of para-hydroxylation sites is 1. The predicted molar refractivity (Wildman–Crippen MR) is 201 cm³/mol. The maximum atomic E-state index is 13.9. The molecule has 12 nitrogen and oxygen atoms in total. The summed E-state index contributed by atoms with van der Waals surface area (Å²) in [5.74, 6) is -1.40. The van der Waals surface area contributed by atoms with Crippen LogP contribution in [0.15, 0.2) is 144 Å². The number of fused-ring (bicyclic) bond motifs is 4. The van der Waals surface area contributed by atoms with E-state index in [-0.39, 0.29) is 17.7 Å². The van der Waals surface area contributed by atoms with E-state index in [1.54, 1.807) is 91.0 Å². The smallest absolute Gasteiger partial charge is 0.338 e. The molecule has 1 aliphatic rings. The van der Waals surface area contributed by atoms with Crippen LogP contribution in [0.1, 0.15) is 37.3 Å². The minimum atomic E-state index is -1.25. The van der Waals surface area contributed by atoms with Crippen LogP contribution in [0.5, 0.6) is 0 Å². The zero-order chi connectivity index (χ0) is 37.5. The number of rotatable bonds is 9. The van der Waals surface area contributed by atoms with E-state index in [1.165, 1.54) is 6.33 Å². The van der Waals surface area contributed by atoms with Gasteiger partial charge in [-0.15, -0.1) is 0 Å². The summed E-state index contributed by atoms with van der Waals surface area (Å²) in [6, 6.07) is 37.0. The number of benzene rings is 4. The topological polar surface area (TPSA) is 137 Å². The first-order valence-electron chi connectivity index (χ1n) is 17.6. The van der Waals surface area contributed by atoms with Crippen molar-refractivity contribution in [2.45, 2.75) is 24.5 Å². The molecule has 5 heterocycles. The van der Waals surface area contributed by atoms with E-state index < -0.39 is 42.4 Å². The van der Waals surface area contributed by atoms with Crippen LogP contribution in [0.3, 0.4) is 0 Å². The van der Waals surface area contributed by atoms with Crippen LogP contribution in [0.2, 0.25) is 0 Å². The number of nitrogens with zero attached hydrogens (tertiary/aromatic N) is 4. The van der Waals surface area contributed by atoms with Gasteiger partial charge in [-0.05, 0) is 54.6 Å². The Morgan fingerprint density at radius 1 is 0.709 bits per heavy atom. The lowest BCUT2D eigenvalue weighted by Crippen LogP contribution is -2.41. The fraction of sp³-hybridized carbons (Fsp3) is 0.140. The first kappa shape index (κ1) is 33.8. The summed E-state index contributed by atoms with van der Waals surface area (Å²) < 4.78 is 35.0. The summed E-state index contributed by atoms with van der Waals surface area (Å²) >= 11 is 0. The Morgan fingerprint density at radius 2 is 1.31 bits per heavy atom. The standard InChI is InChI=1S/C43H32N4O8/c1-46-22-21-30-36(46)34-35(32-23-29-19-11-12-20-31(29)52-32)44-25-45-39(34)47(30)40-38(55-43(50)28-17-9-4-10-18-28)37(54-42(49)27-15-7-3-8-16-27)33(53-40)24-51-41(48)26-13-5-2-6-14-26/h2-23,25,33,37-38,40H,24H2,1H3/t33-,37-,38-,40-/m1/s1. The number of furan rings is 1. The second-order valence-electron chi connectivity index (χ2n) is 13.1.